The van der Waals surface area contributed by atoms with E-state index in [1.54, 1.807) is 6.07 Å². The Labute approximate surface area is 134 Å². The van der Waals surface area contributed by atoms with Crippen LogP contribution in [0.15, 0.2) is 60.7 Å². The fourth-order valence-electron chi connectivity index (χ4n) is 2.39. The van der Waals surface area contributed by atoms with Gasteiger partial charge in [-0.25, -0.2) is 10.5 Å². The van der Waals surface area contributed by atoms with E-state index in [1.807, 2.05) is 54.6 Å². The van der Waals surface area contributed by atoms with Gasteiger partial charge in [0.2, 0.25) is 0 Å². The Bertz CT molecular complexity index is 819. The first kappa shape index (κ1) is 15.0. The Balaban J connectivity index is 1.93. The van der Waals surface area contributed by atoms with Gasteiger partial charge < -0.3 is 5.32 Å². The second-order valence-electron chi connectivity index (χ2n) is 5.05. The van der Waals surface area contributed by atoms with Crippen LogP contribution in [0.3, 0.4) is 0 Å². The maximum absolute atomic E-state index is 12.2. The van der Waals surface area contributed by atoms with Crippen LogP contribution < -0.4 is 10.8 Å². The highest BCUT2D eigenvalue weighted by molar-refractivity contribution is 6.06. The summed E-state index contributed by atoms with van der Waals surface area (Å²) in [5, 5.41) is 4.04. The first-order valence-corrected chi connectivity index (χ1v) is 7.29. The molecule has 2 aromatic carbocycles. The molecule has 1 amide bonds. The molecule has 116 valence electrons. The van der Waals surface area contributed by atoms with Gasteiger partial charge in [0.15, 0.2) is 0 Å². The number of aromatic nitrogens is 1. The summed E-state index contributed by atoms with van der Waals surface area (Å²) in [4.78, 5) is 21.5. The van der Waals surface area contributed by atoms with E-state index in [1.165, 1.54) is 7.11 Å². The molecule has 0 aliphatic heterocycles. The number of carbonyl (C=O) groups is 1. The predicted molar refractivity (Wildman–Crippen MR) is 90.0 cm³/mol. The fraction of sp³-hybridized carbons (Fsp3) is 0.111. The zero-order valence-electron chi connectivity index (χ0n) is 12.7. The Morgan fingerprint density at radius 2 is 1.83 bits per heavy atom. The largest absolute Gasteiger partial charge is 0.366 e. The summed E-state index contributed by atoms with van der Waals surface area (Å²) in [5.41, 5.74) is 4.78. The summed E-state index contributed by atoms with van der Waals surface area (Å²) in [5.74, 6) is 0.350. The lowest BCUT2D eigenvalue weighted by molar-refractivity contribution is 0.0539. The molecule has 0 saturated heterocycles. The lowest BCUT2D eigenvalue weighted by atomic mass is 10.1. The second kappa shape index (κ2) is 6.89. The van der Waals surface area contributed by atoms with Crippen LogP contribution in [-0.2, 0) is 11.4 Å². The SMILES string of the molecule is CONC(=O)c1cc(NCc2ccccc2)nc2ccccc12. The molecule has 1 heterocycles. The number of rotatable bonds is 5. The Morgan fingerprint density at radius 1 is 1.09 bits per heavy atom. The highest BCUT2D eigenvalue weighted by atomic mass is 16.6. The van der Waals surface area contributed by atoms with Gasteiger partial charge in [-0.3, -0.25) is 9.63 Å². The highest BCUT2D eigenvalue weighted by Gasteiger charge is 2.12. The van der Waals surface area contributed by atoms with E-state index in [2.05, 4.69) is 15.8 Å². The molecule has 0 atom stereocenters. The van der Waals surface area contributed by atoms with Gasteiger partial charge in [-0.2, -0.15) is 0 Å². The van der Waals surface area contributed by atoms with Crippen LogP contribution in [0, 0.1) is 0 Å². The van der Waals surface area contributed by atoms with Gasteiger partial charge in [-0.1, -0.05) is 48.5 Å². The Hall–Kier alpha value is -2.92. The van der Waals surface area contributed by atoms with E-state index in [-0.39, 0.29) is 5.91 Å². The molecule has 0 aliphatic rings. The molecule has 0 fully saturated rings. The summed E-state index contributed by atoms with van der Waals surface area (Å²) in [6.45, 7) is 0.636. The summed E-state index contributed by atoms with van der Waals surface area (Å²) in [7, 11) is 1.41. The van der Waals surface area contributed by atoms with Crippen molar-refractivity contribution in [3.8, 4) is 0 Å². The van der Waals surface area contributed by atoms with Crippen LogP contribution in [0.1, 0.15) is 15.9 Å². The van der Waals surface area contributed by atoms with Crippen molar-refractivity contribution < 1.29 is 9.63 Å². The first-order valence-electron chi connectivity index (χ1n) is 7.29. The zero-order chi connectivity index (χ0) is 16.1. The molecule has 23 heavy (non-hydrogen) atoms. The van der Waals surface area contributed by atoms with Gasteiger partial charge >= 0.3 is 0 Å². The normalized spacial score (nSPS) is 10.5. The zero-order valence-corrected chi connectivity index (χ0v) is 12.7. The highest BCUT2D eigenvalue weighted by Crippen LogP contribution is 2.21. The van der Waals surface area contributed by atoms with E-state index in [0.717, 1.165) is 16.5 Å². The van der Waals surface area contributed by atoms with Crippen LogP contribution in [-0.4, -0.2) is 18.0 Å². The lowest BCUT2D eigenvalue weighted by Gasteiger charge is -2.11. The first-order chi connectivity index (χ1) is 11.3. The molecule has 5 heteroatoms. The number of benzene rings is 2. The number of hydrogen-bond donors (Lipinski definition) is 2. The number of nitrogens with zero attached hydrogens (tertiary/aromatic N) is 1. The molecule has 0 saturated carbocycles. The Morgan fingerprint density at radius 3 is 2.61 bits per heavy atom. The van der Waals surface area contributed by atoms with Crippen molar-refractivity contribution in [2.24, 2.45) is 0 Å². The van der Waals surface area contributed by atoms with Crippen molar-refractivity contribution in [3.63, 3.8) is 0 Å². The van der Waals surface area contributed by atoms with Crippen molar-refractivity contribution in [1.82, 2.24) is 10.5 Å². The number of pyridine rings is 1. The Kier molecular flexibility index (Phi) is 4.49. The molecule has 0 aliphatic carbocycles. The van der Waals surface area contributed by atoms with Crippen molar-refractivity contribution in [2.75, 3.05) is 12.4 Å². The lowest BCUT2D eigenvalue weighted by Crippen LogP contribution is -2.22. The summed E-state index contributed by atoms with van der Waals surface area (Å²) >= 11 is 0. The summed E-state index contributed by atoms with van der Waals surface area (Å²) in [6.07, 6.45) is 0. The standard InChI is InChI=1S/C18H17N3O2/c1-23-21-18(22)15-11-17(19-12-13-7-3-2-4-8-13)20-16-10-6-5-9-14(15)16/h2-11H,12H2,1H3,(H,19,20)(H,21,22). The summed E-state index contributed by atoms with van der Waals surface area (Å²) < 4.78 is 0. The van der Waals surface area contributed by atoms with Crippen molar-refractivity contribution in [1.29, 1.82) is 0 Å². The quantitative estimate of drug-likeness (QED) is 0.711. The van der Waals surface area contributed by atoms with Gasteiger partial charge in [0.1, 0.15) is 5.82 Å². The topological polar surface area (TPSA) is 63.2 Å². The van der Waals surface area contributed by atoms with Gasteiger partial charge in [-0.05, 0) is 17.7 Å². The minimum Gasteiger partial charge on any atom is -0.366 e. The molecule has 3 rings (SSSR count). The molecule has 2 N–H and O–H groups in total. The number of nitrogens with one attached hydrogen (secondary N) is 2. The maximum Gasteiger partial charge on any atom is 0.275 e. The van der Waals surface area contributed by atoms with E-state index >= 15 is 0 Å². The average molecular weight is 307 g/mol. The van der Waals surface area contributed by atoms with Gasteiger partial charge in [0.25, 0.3) is 5.91 Å². The van der Waals surface area contributed by atoms with Crippen LogP contribution >= 0.6 is 0 Å². The van der Waals surface area contributed by atoms with Gasteiger partial charge in [-0.15, -0.1) is 0 Å². The molecule has 0 radical (unpaired) electrons. The summed E-state index contributed by atoms with van der Waals surface area (Å²) in [6, 6.07) is 19.3. The van der Waals surface area contributed by atoms with Crippen molar-refractivity contribution >= 4 is 22.6 Å². The molecule has 0 unspecified atom stereocenters. The fourth-order valence-corrected chi connectivity index (χ4v) is 2.39. The number of para-hydroxylation sites is 1. The third kappa shape index (κ3) is 3.46. The van der Waals surface area contributed by atoms with Gasteiger partial charge in [0, 0.05) is 11.9 Å². The average Bonchev–Trinajstić information content (AvgIpc) is 2.60. The van der Waals surface area contributed by atoms with E-state index < -0.39 is 0 Å². The maximum atomic E-state index is 12.2. The molecular formula is C18H17N3O2. The van der Waals surface area contributed by atoms with Crippen LogP contribution in [0.2, 0.25) is 0 Å². The van der Waals surface area contributed by atoms with E-state index in [0.29, 0.717) is 17.9 Å². The molecule has 5 nitrogen and oxygen atoms in total. The number of carbonyl (C=O) groups excluding carboxylic acids is 1. The molecular weight excluding hydrogens is 290 g/mol. The minimum atomic E-state index is -0.297. The molecule has 3 aromatic rings. The van der Waals surface area contributed by atoms with Crippen molar-refractivity contribution in [3.05, 3.63) is 71.8 Å². The molecule has 1 aromatic heterocycles. The van der Waals surface area contributed by atoms with Crippen LogP contribution in [0.5, 0.6) is 0 Å². The number of hydrogen-bond acceptors (Lipinski definition) is 4. The predicted octanol–water partition coefficient (Wildman–Crippen LogP) is 3.14. The van der Waals surface area contributed by atoms with Gasteiger partial charge in [0.05, 0.1) is 18.2 Å². The number of hydroxylamine groups is 1. The van der Waals surface area contributed by atoms with Crippen LogP contribution in [0.4, 0.5) is 5.82 Å². The number of fused-ring (bicyclic) bond motifs is 1. The van der Waals surface area contributed by atoms with Crippen LogP contribution in [0.25, 0.3) is 10.9 Å². The number of amides is 1. The number of anilines is 1. The molecule has 0 spiro atoms. The third-order valence-corrected chi connectivity index (χ3v) is 3.47. The molecule has 0 bridgehead atoms. The monoisotopic (exact) mass is 307 g/mol. The third-order valence-electron chi connectivity index (χ3n) is 3.47. The smallest absolute Gasteiger partial charge is 0.275 e. The second-order valence-corrected chi connectivity index (χ2v) is 5.05. The van der Waals surface area contributed by atoms with Crippen molar-refractivity contribution in [2.45, 2.75) is 6.54 Å². The minimum absolute atomic E-state index is 0.297. The van der Waals surface area contributed by atoms with E-state index in [4.69, 9.17) is 4.84 Å². The van der Waals surface area contributed by atoms with E-state index in [9.17, 15) is 4.79 Å².